The van der Waals surface area contributed by atoms with E-state index in [1.807, 2.05) is 0 Å². The number of fused-ring (bicyclic) bond motifs is 3. The molecule has 96 valence electrons. The quantitative estimate of drug-likeness (QED) is 0.496. The van der Waals surface area contributed by atoms with Crippen LogP contribution in [0.5, 0.6) is 0 Å². The van der Waals surface area contributed by atoms with Crippen molar-refractivity contribution in [1.82, 2.24) is 0 Å². The Morgan fingerprint density at radius 3 is 2.18 bits per heavy atom. The van der Waals surface area contributed by atoms with Crippen molar-refractivity contribution in [3.05, 3.63) is 8.96 Å². The average Bonchev–Trinajstić information content (AvgIpc) is 2.77. The molecule has 3 fully saturated rings. The minimum atomic E-state index is 0.407. The summed E-state index contributed by atoms with van der Waals surface area (Å²) in [7, 11) is 0. The zero-order valence-electron chi connectivity index (χ0n) is 11.1. The molecule has 0 N–H and O–H groups in total. The Bertz CT molecular complexity index is 384. The Labute approximate surface area is 122 Å². The van der Waals surface area contributed by atoms with Gasteiger partial charge in [0.05, 0.1) is 3.39 Å². The van der Waals surface area contributed by atoms with E-state index in [2.05, 4.69) is 52.6 Å². The van der Waals surface area contributed by atoms with Gasteiger partial charge in [0.25, 0.3) is 0 Å². The molecule has 0 saturated heterocycles. The first kappa shape index (κ1) is 12.7. The summed E-state index contributed by atoms with van der Waals surface area (Å²) in [5, 5.41) is 0. The molecule has 0 heterocycles. The molecule has 0 radical (unpaired) electrons. The molecular formula is C15H22Br2. The van der Waals surface area contributed by atoms with Crippen molar-refractivity contribution < 1.29 is 0 Å². The van der Waals surface area contributed by atoms with Gasteiger partial charge in [-0.2, -0.15) is 0 Å². The minimum Gasteiger partial charge on any atom is -0.0588 e. The zero-order chi connectivity index (χ0) is 12.5. The van der Waals surface area contributed by atoms with Crippen LogP contribution in [0.2, 0.25) is 0 Å². The average molecular weight is 362 g/mol. The maximum absolute atomic E-state index is 3.77. The van der Waals surface area contributed by atoms with Gasteiger partial charge in [-0.1, -0.05) is 33.6 Å². The normalized spacial score (nSPS) is 41.5. The van der Waals surface area contributed by atoms with Gasteiger partial charge in [0, 0.05) is 0 Å². The molecule has 0 aliphatic heterocycles. The number of rotatable bonds is 0. The summed E-state index contributed by atoms with van der Waals surface area (Å²) in [4.78, 5) is 0. The van der Waals surface area contributed by atoms with Crippen molar-refractivity contribution in [2.24, 2.45) is 22.2 Å². The van der Waals surface area contributed by atoms with Crippen LogP contribution in [-0.4, -0.2) is 0 Å². The first-order valence-corrected chi connectivity index (χ1v) is 8.51. The molecule has 3 saturated carbocycles. The van der Waals surface area contributed by atoms with Gasteiger partial charge in [0.2, 0.25) is 0 Å². The van der Waals surface area contributed by atoms with Crippen molar-refractivity contribution in [3.8, 4) is 0 Å². The fourth-order valence-electron chi connectivity index (χ4n) is 5.64. The van der Waals surface area contributed by atoms with E-state index in [0.29, 0.717) is 16.2 Å². The van der Waals surface area contributed by atoms with Crippen LogP contribution in [0, 0.1) is 22.2 Å². The first-order chi connectivity index (χ1) is 7.86. The van der Waals surface area contributed by atoms with Crippen LogP contribution in [0.25, 0.3) is 0 Å². The highest BCUT2D eigenvalue weighted by Crippen LogP contribution is 2.79. The Hall–Kier alpha value is 0.700. The summed E-state index contributed by atoms with van der Waals surface area (Å²) in [6.45, 7) is 7.54. The van der Waals surface area contributed by atoms with E-state index in [0.717, 1.165) is 5.92 Å². The molecule has 0 aromatic carbocycles. The standard InChI is InChI=1S/C15H22Br2/c1-13(2)10-6-9-14(13,3)11(12(16)17)15(10)7-4-5-8-15/h10H,4-9H2,1-3H3/t10-,14-/m0/s1. The highest BCUT2D eigenvalue weighted by molar-refractivity contribution is 9.28. The highest BCUT2D eigenvalue weighted by atomic mass is 79.9. The lowest BCUT2D eigenvalue weighted by atomic mass is 9.66. The number of hydrogen-bond acceptors (Lipinski definition) is 0. The van der Waals surface area contributed by atoms with Gasteiger partial charge in [-0.3, -0.25) is 0 Å². The van der Waals surface area contributed by atoms with Crippen LogP contribution in [0.4, 0.5) is 0 Å². The summed E-state index contributed by atoms with van der Waals surface area (Å²) in [6.07, 6.45) is 8.53. The third-order valence-corrected chi connectivity index (χ3v) is 7.42. The third kappa shape index (κ3) is 1.30. The molecule has 3 rings (SSSR count). The van der Waals surface area contributed by atoms with Gasteiger partial charge in [0.15, 0.2) is 0 Å². The third-order valence-electron chi connectivity index (χ3n) is 6.63. The van der Waals surface area contributed by atoms with Gasteiger partial charge in [-0.05, 0) is 85.3 Å². The molecule has 2 heteroatoms. The highest BCUT2D eigenvalue weighted by Gasteiger charge is 2.70. The Morgan fingerprint density at radius 1 is 1.06 bits per heavy atom. The lowest BCUT2D eigenvalue weighted by Gasteiger charge is -2.40. The van der Waals surface area contributed by atoms with Crippen molar-refractivity contribution >= 4 is 31.9 Å². The van der Waals surface area contributed by atoms with Crippen LogP contribution in [0.3, 0.4) is 0 Å². The molecule has 2 atom stereocenters. The smallest absolute Gasteiger partial charge is 0.0588 e. The molecule has 0 nitrogen and oxygen atoms in total. The second-order valence-corrected chi connectivity index (χ2v) is 9.79. The van der Waals surface area contributed by atoms with E-state index in [9.17, 15) is 0 Å². The van der Waals surface area contributed by atoms with Crippen LogP contribution in [0.15, 0.2) is 8.96 Å². The van der Waals surface area contributed by atoms with Crippen molar-refractivity contribution in [2.75, 3.05) is 0 Å². The monoisotopic (exact) mass is 360 g/mol. The molecule has 17 heavy (non-hydrogen) atoms. The molecule has 2 bridgehead atoms. The van der Waals surface area contributed by atoms with Crippen LogP contribution in [0.1, 0.15) is 59.3 Å². The molecule has 0 aromatic heterocycles. The maximum Gasteiger partial charge on any atom is 0.0607 e. The van der Waals surface area contributed by atoms with Gasteiger partial charge >= 0.3 is 0 Å². The second kappa shape index (κ2) is 3.62. The lowest BCUT2D eigenvalue weighted by Crippen LogP contribution is -2.30. The van der Waals surface area contributed by atoms with Crippen LogP contribution < -0.4 is 0 Å². The number of hydrogen-bond donors (Lipinski definition) is 0. The summed E-state index contributed by atoms with van der Waals surface area (Å²) < 4.78 is 1.27. The number of allylic oxidation sites excluding steroid dienone is 1. The summed E-state index contributed by atoms with van der Waals surface area (Å²) in [5.41, 5.74) is 3.13. The van der Waals surface area contributed by atoms with Gasteiger partial charge in [0.1, 0.15) is 0 Å². The Morgan fingerprint density at radius 2 is 1.65 bits per heavy atom. The number of halogens is 2. The van der Waals surface area contributed by atoms with E-state index >= 15 is 0 Å². The van der Waals surface area contributed by atoms with E-state index in [1.165, 1.54) is 41.9 Å². The molecule has 1 spiro atoms. The van der Waals surface area contributed by atoms with E-state index in [-0.39, 0.29) is 0 Å². The fraction of sp³-hybridized carbons (Fsp3) is 0.867. The second-order valence-electron chi connectivity index (χ2n) is 7.14. The largest absolute Gasteiger partial charge is 0.0607 e. The molecule has 0 unspecified atom stereocenters. The molecular weight excluding hydrogens is 340 g/mol. The van der Waals surface area contributed by atoms with Gasteiger partial charge < -0.3 is 0 Å². The van der Waals surface area contributed by atoms with Crippen LogP contribution in [-0.2, 0) is 0 Å². The lowest BCUT2D eigenvalue weighted by molar-refractivity contribution is 0.140. The summed E-state index contributed by atoms with van der Waals surface area (Å²) >= 11 is 7.54. The molecule has 0 aromatic rings. The van der Waals surface area contributed by atoms with Crippen molar-refractivity contribution in [2.45, 2.75) is 59.3 Å². The molecule has 3 aliphatic carbocycles. The Kier molecular flexibility index (Phi) is 2.71. The maximum atomic E-state index is 3.77. The minimum absolute atomic E-state index is 0.407. The SMILES string of the molecule is CC1(C)[C@@H]2CC[C@@]1(C)C(=C(Br)Br)C21CCCC1. The van der Waals surface area contributed by atoms with Gasteiger partial charge in [-0.15, -0.1) is 0 Å². The van der Waals surface area contributed by atoms with Crippen LogP contribution >= 0.6 is 31.9 Å². The molecule has 0 amide bonds. The Balaban J connectivity index is 2.23. The van der Waals surface area contributed by atoms with E-state index in [4.69, 9.17) is 0 Å². The van der Waals surface area contributed by atoms with E-state index in [1.54, 1.807) is 5.57 Å². The topological polar surface area (TPSA) is 0 Å². The first-order valence-electron chi connectivity index (χ1n) is 6.92. The van der Waals surface area contributed by atoms with Crippen molar-refractivity contribution in [1.29, 1.82) is 0 Å². The predicted octanol–water partition coefficient (Wildman–Crippen LogP) is 6.00. The van der Waals surface area contributed by atoms with Gasteiger partial charge in [-0.25, -0.2) is 0 Å². The van der Waals surface area contributed by atoms with Crippen molar-refractivity contribution in [3.63, 3.8) is 0 Å². The van der Waals surface area contributed by atoms with E-state index < -0.39 is 0 Å². The molecule has 3 aliphatic rings. The fourth-order valence-corrected chi connectivity index (χ4v) is 7.30. The summed E-state index contributed by atoms with van der Waals surface area (Å²) in [6, 6.07) is 0. The zero-order valence-corrected chi connectivity index (χ0v) is 14.2. The predicted molar refractivity (Wildman–Crippen MR) is 80.4 cm³/mol. The summed E-state index contributed by atoms with van der Waals surface area (Å²) in [5.74, 6) is 0.905.